The van der Waals surface area contributed by atoms with Crippen LogP contribution in [0.4, 0.5) is 5.69 Å². The molecule has 0 spiro atoms. The number of pyridine rings is 2. The van der Waals surface area contributed by atoms with Crippen molar-refractivity contribution in [2.24, 2.45) is 11.8 Å². The van der Waals surface area contributed by atoms with Crippen molar-refractivity contribution in [1.29, 1.82) is 0 Å². The molecule has 5 N–H and O–H groups in total. The van der Waals surface area contributed by atoms with E-state index >= 15 is 0 Å². The molecule has 4 aromatic heterocycles. The maximum absolute atomic E-state index is 12.2. The summed E-state index contributed by atoms with van der Waals surface area (Å²) in [5, 5.41) is 7.77. The molecule has 0 bridgehead atoms. The van der Waals surface area contributed by atoms with Gasteiger partial charge in [-0.25, -0.2) is 10.4 Å². The summed E-state index contributed by atoms with van der Waals surface area (Å²) in [5.41, 5.74) is 13.0. The lowest BCUT2D eigenvalue weighted by Gasteiger charge is -2.34. The zero-order valence-corrected chi connectivity index (χ0v) is 19.1. The van der Waals surface area contributed by atoms with Gasteiger partial charge >= 0.3 is 0 Å². The fraction of sp³-hybridized carbons (Fsp3) is 0.346. The highest BCUT2D eigenvalue weighted by molar-refractivity contribution is 5.94. The summed E-state index contributed by atoms with van der Waals surface area (Å²) in [7, 11) is 0. The van der Waals surface area contributed by atoms with Gasteiger partial charge in [0.25, 0.3) is 0 Å². The Morgan fingerprint density at radius 3 is 2.94 bits per heavy atom. The second kappa shape index (κ2) is 8.30. The van der Waals surface area contributed by atoms with E-state index in [0.717, 1.165) is 64.9 Å². The first-order chi connectivity index (χ1) is 17.2. The molecule has 2 saturated heterocycles. The van der Waals surface area contributed by atoms with Crippen LogP contribution in [-0.4, -0.2) is 33.4 Å². The third kappa shape index (κ3) is 3.81. The van der Waals surface area contributed by atoms with Crippen LogP contribution >= 0.6 is 0 Å². The van der Waals surface area contributed by atoms with Gasteiger partial charge in [-0.2, -0.15) is 0 Å². The molecule has 4 aromatic rings. The van der Waals surface area contributed by atoms with Crippen molar-refractivity contribution in [2.75, 3.05) is 11.9 Å². The normalized spacial score (nSPS) is 26.1. The third-order valence-electron chi connectivity index (χ3n) is 7.56. The molecule has 0 radical (unpaired) electrons. The molecule has 4 unspecified atom stereocenters. The van der Waals surface area contributed by atoms with Crippen molar-refractivity contribution in [3.05, 3.63) is 66.6 Å². The number of hydrazine groups is 1. The number of anilines is 1. The molecule has 4 atom stereocenters. The van der Waals surface area contributed by atoms with Crippen LogP contribution in [0.1, 0.15) is 42.6 Å². The highest BCUT2D eigenvalue weighted by Gasteiger charge is 2.42. The van der Waals surface area contributed by atoms with Crippen LogP contribution in [0.2, 0.25) is 0 Å². The summed E-state index contributed by atoms with van der Waals surface area (Å²) in [4.78, 5) is 24.7. The summed E-state index contributed by atoms with van der Waals surface area (Å²) in [5.74, 6) is 0.645. The molecule has 35 heavy (non-hydrogen) atoms. The van der Waals surface area contributed by atoms with E-state index in [0.29, 0.717) is 12.0 Å². The molecule has 3 fully saturated rings. The minimum Gasteiger partial charge on any atom is -0.472 e. The number of hydrogen-bond acceptors (Lipinski definition) is 7. The van der Waals surface area contributed by atoms with Crippen LogP contribution < -0.4 is 21.5 Å². The van der Waals surface area contributed by atoms with Gasteiger partial charge in [-0.05, 0) is 54.7 Å². The molecular formula is C26H27N7O2. The quantitative estimate of drug-likeness (QED) is 0.304. The predicted octanol–water partition coefficient (Wildman–Crippen LogP) is 3.43. The minimum absolute atomic E-state index is 0.104. The lowest BCUT2D eigenvalue weighted by Crippen LogP contribution is -2.46. The number of furan rings is 1. The lowest BCUT2D eigenvalue weighted by molar-refractivity contribution is -0.117. The van der Waals surface area contributed by atoms with E-state index in [4.69, 9.17) is 4.42 Å². The van der Waals surface area contributed by atoms with Crippen LogP contribution in [0.5, 0.6) is 0 Å². The zero-order valence-electron chi connectivity index (χ0n) is 19.1. The Kier molecular flexibility index (Phi) is 4.93. The van der Waals surface area contributed by atoms with Gasteiger partial charge in [0.2, 0.25) is 5.91 Å². The first-order valence-electron chi connectivity index (χ1n) is 12.2. The van der Waals surface area contributed by atoms with Crippen LogP contribution in [0.25, 0.3) is 22.2 Å². The Hall–Kier alpha value is -3.53. The molecule has 7 rings (SSSR count). The molecule has 6 heterocycles. The monoisotopic (exact) mass is 469 g/mol. The van der Waals surface area contributed by atoms with Crippen LogP contribution in [0.15, 0.2) is 59.8 Å². The van der Waals surface area contributed by atoms with Crippen molar-refractivity contribution in [2.45, 2.75) is 37.4 Å². The molecule has 178 valence electrons. The number of hydrogen-bond donors (Lipinski definition) is 5. The van der Waals surface area contributed by atoms with Crippen LogP contribution in [0, 0.1) is 11.8 Å². The standard InChI is InChI=1S/C26H27N7O2/c34-26(14-1-2-14)30-17-7-16(10-27-11-17)21-9-20-23(12-29-21)32-33-24(20)22-8-19-18(15-4-6-35-13-15)3-5-28-25(19)31-22/h3-8,10-11,13-14,20-21,23-24,29,32-33H,1-2,9,12H2,(H,28,31)(H,30,34). The Morgan fingerprint density at radius 2 is 2.09 bits per heavy atom. The minimum atomic E-state index is 0.104. The van der Waals surface area contributed by atoms with Crippen LogP contribution in [-0.2, 0) is 4.79 Å². The number of H-pyrrole nitrogens is 1. The Morgan fingerprint density at radius 1 is 1.14 bits per heavy atom. The van der Waals surface area contributed by atoms with E-state index in [1.807, 2.05) is 24.5 Å². The number of nitrogens with zero attached hydrogens (tertiary/aromatic N) is 2. The SMILES string of the molecule is O=C(Nc1cncc(C2CC3C(CN2)NNC3c2cc3c(-c4ccoc4)ccnc3[nH]2)c1)C1CC1. The zero-order chi connectivity index (χ0) is 23.4. The number of nitrogens with one attached hydrogen (secondary N) is 5. The summed E-state index contributed by atoms with van der Waals surface area (Å²) in [6.45, 7) is 0.843. The van der Waals surface area contributed by atoms with Gasteiger partial charge in [0.05, 0.1) is 30.5 Å². The molecular weight excluding hydrogens is 442 g/mol. The molecule has 2 aliphatic heterocycles. The van der Waals surface area contributed by atoms with Crippen molar-refractivity contribution in [3.8, 4) is 11.1 Å². The second-order valence-corrected chi connectivity index (χ2v) is 9.86. The summed E-state index contributed by atoms with van der Waals surface area (Å²) >= 11 is 0. The number of carbonyl (C=O) groups is 1. The maximum atomic E-state index is 12.2. The van der Waals surface area contributed by atoms with Crippen LogP contribution in [0.3, 0.4) is 0 Å². The number of aromatic nitrogens is 3. The smallest absolute Gasteiger partial charge is 0.227 e. The molecule has 3 aliphatic rings. The van der Waals surface area contributed by atoms with E-state index in [1.165, 1.54) is 0 Å². The highest BCUT2D eigenvalue weighted by Crippen LogP contribution is 2.40. The topological polar surface area (TPSA) is 120 Å². The summed E-state index contributed by atoms with van der Waals surface area (Å²) in [6.07, 6.45) is 11.8. The van der Waals surface area contributed by atoms with E-state index in [2.05, 4.69) is 48.6 Å². The van der Waals surface area contributed by atoms with E-state index in [1.54, 1.807) is 18.7 Å². The number of aromatic amines is 1. The van der Waals surface area contributed by atoms with E-state index < -0.39 is 0 Å². The summed E-state index contributed by atoms with van der Waals surface area (Å²) < 4.78 is 5.30. The molecule has 0 aromatic carbocycles. The van der Waals surface area contributed by atoms with Gasteiger partial charge in [-0.3, -0.25) is 15.2 Å². The van der Waals surface area contributed by atoms with Crippen molar-refractivity contribution < 1.29 is 9.21 Å². The number of piperidine rings is 1. The average molecular weight is 470 g/mol. The van der Waals surface area contributed by atoms with E-state index in [9.17, 15) is 4.79 Å². The van der Waals surface area contributed by atoms with Crippen molar-refractivity contribution in [1.82, 2.24) is 31.1 Å². The molecule has 1 aliphatic carbocycles. The fourth-order valence-electron chi connectivity index (χ4n) is 5.52. The van der Waals surface area contributed by atoms with Gasteiger partial charge in [0, 0.05) is 59.5 Å². The number of fused-ring (bicyclic) bond motifs is 2. The third-order valence-corrected chi connectivity index (χ3v) is 7.56. The van der Waals surface area contributed by atoms with Gasteiger partial charge < -0.3 is 20.0 Å². The lowest BCUT2D eigenvalue weighted by atomic mass is 9.81. The number of rotatable bonds is 5. The highest BCUT2D eigenvalue weighted by atomic mass is 16.3. The summed E-state index contributed by atoms with van der Waals surface area (Å²) in [6, 6.07) is 8.86. The maximum Gasteiger partial charge on any atom is 0.227 e. The average Bonchev–Trinajstić information content (AvgIpc) is 3.26. The van der Waals surface area contributed by atoms with Gasteiger partial charge in [-0.1, -0.05) is 0 Å². The Balaban J connectivity index is 1.14. The van der Waals surface area contributed by atoms with Gasteiger partial charge in [-0.15, -0.1) is 0 Å². The Labute approximate surface area is 202 Å². The first-order valence-corrected chi connectivity index (χ1v) is 12.2. The fourth-order valence-corrected chi connectivity index (χ4v) is 5.52. The first kappa shape index (κ1) is 20.8. The Bertz CT molecular complexity index is 1380. The predicted molar refractivity (Wildman–Crippen MR) is 131 cm³/mol. The van der Waals surface area contributed by atoms with E-state index in [-0.39, 0.29) is 23.9 Å². The van der Waals surface area contributed by atoms with Gasteiger partial charge in [0.15, 0.2) is 0 Å². The van der Waals surface area contributed by atoms with Crippen molar-refractivity contribution in [3.63, 3.8) is 0 Å². The van der Waals surface area contributed by atoms with Gasteiger partial charge in [0.1, 0.15) is 5.65 Å². The molecule has 1 amide bonds. The number of amides is 1. The second-order valence-electron chi connectivity index (χ2n) is 9.86. The van der Waals surface area contributed by atoms with Crippen molar-refractivity contribution >= 4 is 22.6 Å². The molecule has 9 heteroatoms. The number of carbonyl (C=O) groups excluding carboxylic acids is 1. The molecule has 9 nitrogen and oxygen atoms in total. The molecule has 1 saturated carbocycles. The largest absolute Gasteiger partial charge is 0.472 e.